The van der Waals surface area contributed by atoms with E-state index in [1.807, 2.05) is 0 Å². The summed E-state index contributed by atoms with van der Waals surface area (Å²) < 4.78 is 0. The van der Waals surface area contributed by atoms with Gasteiger partial charge < -0.3 is 10.2 Å². The molecule has 1 aromatic rings. The summed E-state index contributed by atoms with van der Waals surface area (Å²) in [5, 5.41) is 19.4. The molecule has 2 aliphatic rings. The van der Waals surface area contributed by atoms with Gasteiger partial charge in [-0.1, -0.05) is 12.2 Å². The lowest BCUT2D eigenvalue weighted by Gasteiger charge is -2.29. The molecule has 3 rings (SSSR count). The maximum atomic E-state index is 9.82. The topological polar surface area (TPSA) is 40.5 Å². The van der Waals surface area contributed by atoms with E-state index >= 15 is 0 Å². The quantitative estimate of drug-likeness (QED) is 0.501. The Kier molecular flexibility index (Phi) is 1.78. The normalized spacial score (nSPS) is 22.5. The summed E-state index contributed by atoms with van der Waals surface area (Å²) >= 11 is 0. The molecule has 0 aliphatic heterocycles. The van der Waals surface area contributed by atoms with E-state index in [1.54, 1.807) is 6.07 Å². The highest BCUT2D eigenvalue weighted by molar-refractivity contribution is 5.57. The van der Waals surface area contributed by atoms with Crippen LogP contribution in [0.2, 0.25) is 0 Å². The third-order valence-corrected chi connectivity index (χ3v) is 3.53. The molecule has 0 bridgehead atoms. The van der Waals surface area contributed by atoms with Crippen LogP contribution in [0.4, 0.5) is 0 Å². The number of aromatic hydroxyl groups is 2. The van der Waals surface area contributed by atoms with Gasteiger partial charge in [-0.3, -0.25) is 0 Å². The summed E-state index contributed by atoms with van der Waals surface area (Å²) in [6.07, 6.45) is 8.45. The Morgan fingerprint density at radius 3 is 3.00 bits per heavy atom. The molecule has 2 nitrogen and oxygen atoms in total. The Morgan fingerprint density at radius 1 is 1.27 bits per heavy atom. The van der Waals surface area contributed by atoms with Crippen molar-refractivity contribution in [1.82, 2.24) is 0 Å². The molecule has 0 amide bonds. The van der Waals surface area contributed by atoms with Crippen molar-refractivity contribution >= 4 is 0 Å². The fourth-order valence-corrected chi connectivity index (χ4v) is 2.86. The lowest BCUT2D eigenvalue weighted by Crippen LogP contribution is -2.14. The van der Waals surface area contributed by atoms with Crippen LogP contribution in [0.5, 0.6) is 11.5 Å². The van der Waals surface area contributed by atoms with E-state index in [0.29, 0.717) is 5.92 Å². The number of benzene rings is 1. The van der Waals surface area contributed by atoms with Gasteiger partial charge >= 0.3 is 0 Å². The van der Waals surface area contributed by atoms with Gasteiger partial charge in [0.25, 0.3) is 0 Å². The molecule has 15 heavy (non-hydrogen) atoms. The molecule has 2 aliphatic carbocycles. The van der Waals surface area contributed by atoms with Crippen LogP contribution in [-0.4, -0.2) is 10.2 Å². The van der Waals surface area contributed by atoms with E-state index in [2.05, 4.69) is 12.2 Å². The van der Waals surface area contributed by atoms with E-state index in [-0.39, 0.29) is 11.5 Å². The fourth-order valence-electron chi connectivity index (χ4n) is 2.86. The van der Waals surface area contributed by atoms with Crippen LogP contribution in [0.1, 0.15) is 35.4 Å². The number of allylic oxidation sites excluding steroid dienone is 2. The van der Waals surface area contributed by atoms with Crippen LogP contribution in [0.3, 0.4) is 0 Å². The summed E-state index contributed by atoms with van der Waals surface area (Å²) in [6, 6.07) is 1.74. The third-order valence-electron chi connectivity index (χ3n) is 3.53. The lowest BCUT2D eigenvalue weighted by atomic mass is 9.76. The van der Waals surface area contributed by atoms with E-state index in [4.69, 9.17) is 0 Å². The molecule has 0 fully saturated rings. The molecule has 1 aromatic carbocycles. The minimum absolute atomic E-state index is 0.0414. The van der Waals surface area contributed by atoms with Gasteiger partial charge in [0, 0.05) is 11.5 Å². The molecular weight excluding hydrogens is 188 g/mol. The van der Waals surface area contributed by atoms with Gasteiger partial charge in [-0.05, 0) is 42.9 Å². The molecule has 0 heterocycles. The van der Waals surface area contributed by atoms with Gasteiger partial charge in [0.15, 0.2) is 11.5 Å². The number of hydrogen-bond donors (Lipinski definition) is 2. The minimum atomic E-state index is 0.0414. The summed E-state index contributed by atoms with van der Waals surface area (Å²) in [4.78, 5) is 0. The zero-order valence-electron chi connectivity index (χ0n) is 8.53. The smallest absolute Gasteiger partial charge is 0.161 e. The van der Waals surface area contributed by atoms with Crippen molar-refractivity contribution in [2.75, 3.05) is 0 Å². The third kappa shape index (κ3) is 1.17. The summed E-state index contributed by atoms with van der Waals surface area (Å²) in [7, 11) is 0. The van der Waals surface area contributed by atoms with Crippen molar-refractivity contribution in [3.8, 4) is 11.5 Å². The van der Waals surface area contributed by atoms with E-state index in [1.165, 1.54) is 24.0 Å². The molecule has 2 heteroatoms. The standard InChI is InChI=1S/C13H14O2/c14-11-7-9-5-1-3-8-4-2-6-10(12(8)9)13(11)15/h2,4,7-8,14-15H,1,3,5-6H2. The highest BCUT2D eigenvalue weighted by atomic mass is 16.3. The van der Waals surface area contributed by atoms with Gasteiger partial charge in [-0.15, -0.1) is 0 Å². The van der Waals surface area contributed by atoms with Gasteiger partial charge in [0.2, 0.25) is 0 Å². The summed E-state index contributed by atoms with van der Waals surface area (Å²) in [5.74, 6) is 0.591. The second kappa shape index (κ2) is 3.02. The average Bonchev–Trinajstić information content (AvgIpc) is 2.26. The Labute approximate surface area is 88.9 Å². The van der Waals surface area contributed by atoms with Crippen molar-refractivity contribution in [2.45, 2.75) is 31.6 Å². The monoisotopic (exact) mass is 202 g/mol. The molecular formula is C13H14O2. The Hall–Kier alpha value is -1.44. The summed E-state index contributed by atoms with van der Waals surface area (Å²) in [5.41, 5.74) is 3.44. The second-order valence-corrected chi connectivity index (χ2v) is 4.43. The maximum Gasteiger partial charge on any atom is 0.161 e. The average molecular weight is 202 g/mol. The predicted molar refractivity (Wildman–Crippen MR) is 58.3 cm³/mol. The van der Waals surface area contributed by atoms with Gasteiger partial charge in [0.05, 0.1) is 0 Å². The predicted octanol–water partition coefficient (Wildman–Crippen LogP) is 2.63. The Morgan fingerprint density at radius 2 is 2.13 bits per heavy atom. The van der Waals surface area contributed by atoms with Crippen molar-refractivity contribution in [3.05, 3.63) is 34.9 Å². The number of rotatable bonds is 0. The molecule has 1 unspecified atom stereocenters. The van der Waals surface area contributed by atoms with Crippen LogP contribution in [0.25, 0.3) is 0 Å². The minimum Gasteiger partial charge on any atom is -0.504 e. The first kappa shape index (κ1) is 8.84. The number of aryl methyl sites for hydroxylation is 1. The second-order valence-electron chi connectivity index (χ2n) is 4.43. The molecule has 0 radical (unpaired) electrons. The van der Waals surface area contributed by atoms with Crippen molar-refractivity contribution in [1.29, 1.82) is 0 Å². The highest BCUT2D eigenvalue weighted by Crippen LogP contribution is 2.44. The van der Waals surface area contributed by atoms with E-state index in [0.717, 1.165) is 18.4 Å². The van der Waals surface area contributed by atoms with Gasteiger partial charge in [-0.25, -0.2) is 0 Å². The Bertz CT molecular complexity index is 446. The number of hydrogen-bond acceptors (Lipinski definition) is 2. The van der Waals surface area contributed by atoms with E-state index < -0.39 is 0 Å². The molecule has 0 saturated heterocycles. The first-order valence-electron chi connectivity index (χ1n) is 5.50. The van der Waals surface area contributed by atoms with Crippen molar-refractivity contribution < 1.29 is 10.2 Å². The summed E-state index contributed by atoms with van der Waals surface area (Å²) in [6.45, 7) is 0. The molecule has 0 aromatic heterocycles. The number of phenols is 2. The maximum absolute atomic E-state index is 9.82. The zero-order valence-corrected chi connectivity index (χ0v) is 8.53. The zero-order chi connectivity index (χ0) is 10.4. The van der Waals surface area contributed by atoms with E-state index in [9.17, 15) is 10.2 Å². The lowest BCUT2D eigenvalue weighted by molar-refractivity contribution is 0.396. The molecule has 0 spiro atoms. The van der Waals surface area contributed by atoms with Gasteiger partial charge in [0.1, 0.15) is 0 Å². The number of phenolic OH excluding ortho intramolecular Hbond substituents is 2. The van der Waals surface area contributed by atoms with Crippen LogP contribution in [-0.2, 0) is 12.8 Å². The van der Waals surface area contributed by atoms with Crippen LogP contribution >= 0.6 is 0 Å². The molecule has 2 N–H and O–H groups in total. The van der Waals surface area contributed by atoms with Crippen molar-refractivity contribution in [3.63, 3.8) is 0 Å². The SMILES string of the molecule is Oc1cc2c3c(c1O)CC=CC3CCC2. The fraction of sp³-hybridized carbons (Fsp3) is 0.385. The van der Waals surface area contributed by atoms with Crippen LogP contribution in [0, 0.1) is 0 Å². The van der Waals surface area contributed by atoms with Crippen molar-refractivity contribution in [2.24, 2.45) is 0 Å². The molecule has 78 valence electrons. The first-order valence-corrected chi connectivity index (χ1v) is 5.50. The molecule has 1 atom stereocenters. The highest BCUT2D eigenvalue weighted by Gasteiger charge is 2.26. The van der Waals surface area contributed by atoms with Crippen LogP contribution in [0.15, 0.2) is 18.2 Å². The Balaban J connectivity index is 2.29. The molecule has 0 saturated carbocycles. The largest absolute Gasteiger partial charge is 0.504 e. The first-order chi connectivity index (χ1) is 7.27. The van der Waals surface area contributed by atoms with Gasteiger partial charge in [-0.2, -0.15) is 0 Å². The van der Waals surface area contributed by atoms with Crippen LogP contribution < -0.4 is 0 Å².